The third kappa shape index (κ3) is 3.99. The molecule has 6 heteroatoms. The minimum atomic E-state index is -0.255. The number of carbonyl (C=O) groups is 1. The van der Waals surface area contributed by atoms with Crippen LogP contribution in [0, 0.1) is 0 Å². The van der Waals surface area contributed by atoms with E-state index in [1.54, 1.807) is 30.3 Å². The lowest BCUT2D eigenvalue weighted by Gasteiger charge is -2.10. The Labute approximate surface area is 161 Å². The van der Waals surface area contributed by atoms with Gasteiger partial charge in [-0.1, -0.05) is 35.9 Å². The zero-order chi connectivity index (χ0) is 18.6. The quantitative estimate of drug-likeness (QED) is 0.683. The van der Waals surface area contributed by atoms with Crippen molar-refractivity contribution in [2.24, 2.45) is 0 Å². The molecule has 0 atom stereocenters. The van der Waals surface area contributed by atoms with Crippen LogP contribution in [-0.2, 0) is 6.61 Å². The standard InChI is InChI=1S/C21H16ClNO4/c22-18-7-2-1-6-17(18)21(24)23-15-5-3-4-14(10-15)12-25-16-8-9-19-20(11-16)27-13-26-19/h1-11H,12-13H2,(H,23,24). The van der Waals surface area contributed by atoms with E-state index >= 15 is 0 Å². The van der Waals surface area contributed by atoms with Gasteiger partial charge in [-0.25, -0.2) is 0 Å². The summed E-state index contributed by atoms with van der Waals surface area (Å²) < 4.78 is 16.4. The third-order valence-electron chi connectivity index (χ3n) is 4.05. The monoisotopic (exact) mass is 381 g/mol. The number of benzene rings is 3. The van der Waals surface area contributed by atoms with Crippen LogP contribution in [0.3, 0.4) is 0 Å². The van der Waals surface area contributed by atoms with Crippen LogP contribution < -0.4 is 19.5 Å². The first-order chi connectivity index (χ1) is 13.2. The smallest absolute Gasteiger partial charge is 0.257 e. The number of amides is 1. The summed E-state index contributed by atoms with van der Waals surface area (Å²) >= 11 is 6.07. The predicted octanol–water partition coefficient (Wildman–Crippen LogP) is 4.90. The molecule has 5 nitrogen and oxygen atoms in total. The van der Waals surface area contributed by atoms with Gasteiger partial charge in [0, 0.05) is 11.8 Å². The maximum absolute atomic E-state index is 12.4. The van der Waals surface area contributed by atoms with Gasteiger partial charge in [-0.2, -0.15) is 0 Å². The highest BCUT2D eigenvalue weighted by molar-refractivity contribution is 6.34. The normalized spacial score (nSPS) is 11.9. The summed E-state index contributed by atoms with van der Waals surface area (Å²) in [6, 6.07) is 19.8. The van der Waals surface area contributed by atoms with E-state index in [0.717, 1.165) is 5.56 Å². The van der Waals surface area contributed by atoms with E-state index in [4.69, 9.17) is 25.8 Å². The fourth-order valence-corrected chi connectivity index (χ4v) is 2.94. The number of ether oxygens (including phenoxy) is 3. The molecule has 3 aromatic rings. The fourth-order valence-electron chi connectivity index (χ4n) is 2.72. The molecule has 0 bridgehead atoms. The molecule has 1 heterocycles. The average molecular weight is 382 g/mol. The van der Waals surface area contributed by atoms with Crippen molar-refractivity contribution >= 4 is 23.2 Å². The molecule has 0 aliphatic carbocycles. The summed E-state index contributed by atoms with van der Waals surface area (Å²) in [4.78, 5) is 12.4. The Bertz CT molecular complexity index is 989. The van der Waals surface area contributed by atoms with Gasteiger partial charge in [0.1, 0.15) is 12.4 Å². The Morgan fingerprint density at radius 3 is 2.74 bits per heavy atom. The maximum Gasteiger partial charge on any atom is 0.257 e. The maximum atomic E-state index is 12.4. The van der Waals surface area contributed by atoms with Crippen LogP contribution in [0.2, 0.25) is 5.02 Å². The van der Waals surface area contributed by atoms with Crippen LogP contribution in [-0.4, -0.2) is 12.7 Å². The van der Waals surface area contributed by atoms with Gasteiger partial charge in [-0.05, 0) is 42.0 Å². The SMILES string of the molecule is O=C(Nc1cccc(COc2ccc3c(c2)OCO3)c1)c1ccccc1Cl. The van der Waals surface area contributed by atoms with Gasteiger partial charge >= 0.3 is 0 Å². The highest BCUT2D eigenvalue weighted by Crippen LogP contribution is 2.35. The summed E-state index contributed by atoms with van der Waals surface area (Å²) in [5.74, 6) is 1.82. The van der Waals surface area contributed by atoms with E-state index in [2.05, 4.69) is 5.32 Å². The molecular weight excluding hydrogens is 366 g/mol. The highest BCUT2D eigenvalue weighted by Gasteiger charge is 2.14. The van der Waals surface area contributed by atoms with Gasteiger partial charge in [-0.15, -0.1) is 0 Å². The Balaban J connectivity index is 1.42. The number of fused-ring (bicyclic) bond motifs is 1. The minimum Gasteiger partial charge on any atom is -0.489 e. The second-order valence-corrected chi connectivity index (χ2v) is 6.35. The van der Waals surface area contributed by atoms with Crippen molar-refractivity contribution in [2.45, 2.75) is 6.61 Å². The van der Waals surface area contributed by atoms with Crippen LogP contribution in [0.25, 0.3) is 0 Å². The van der Waals surface area contributed by atoms with E-state index in [0.29, 0.717) is 40.1 Å². The molecule has 0 unspecified atom stereocenters. The summed E-state index contributed by atoms with van der Waals surface area (Å²) in [7, 11) is 0. The lowest BCUT2D eigenvalue weighted by molar-refractivity contribution is 0.102. The molecule has 3 aromatic carbocycles. The van der Waals surface area contributed by atoms with Gasteiger partial charge in [0.15, 0.2) is 11.5 Å². The van der Waals surface area contributed by atoms with Crippen LogP contribution in [0.5, 0.6) is 17.2 Å². The molecule has 1 aliphatic heterocycles. The number of halogens is 1. The number of hydrogen-bond donors (Lipinski definition) is 1. The number of nitrogens with one attached hydrogen (secondary N) is 1. The Morgan fingerprint density at radius 2 is 1.85 bits per heavy atom. The minimum absolute atomic E-state index is 0.228. The largest absolute Gasteiger partial charge is 0.489 e. The topological polar surface area (TPSA) is 56.8 Å². The molecule has 1 aliphatic rings. The first kappa shape index (κ1) is 17.2. The molecule has 27 heavy (non-hydrogen) atoms. The average Bonchev–Trinajstić information content (AvgIpc) is 3.15. The van der Waals surface area contributed by atoms with Gasteiger partial charge in [-0.3, -0.25) is 4.79 Å². The summed E-state index contributed by atoms with van der Waals surface area (Å²) in [5.41, 5.74) is 2.03. The first-order valence-corrected chi connectivity index (χ1v) is 8.74. The number of hydrogen-bond acceptors (Lipinski definition) is 4. The molecule has 0 fully saturated rings. The number of anilines is 1. The summed E-state index contributed by atoms with van der Waals surface area (Å²) in [6.07, 6.45) is 0. The zero-order valence-electron chi connectivity index (χ0n) is 14.3. The zero-order valence-corrected chi connectivity index (χ0v) is 15.0. The Morgan fingerprint density at radius 1 is 1.00 bits per heavy atom. The van der Waals surface area contributed by atoms with Gasteiger partial charge < -0.3 is 19.5 Å². The molecular formula is C21H16ClNO4. The van der Waals surface area contributed by atoms with E-state index in [1.807, 2.05) is 36.4 Å². The van der Waals surface area contributed by atoms with E-state index in [9.17, 15) is 4.79 Å². The molecule has 0 saturated carbocycles. The third-order valence-corrected chi connectivity index (χ3v) is 4.38. The van der Waals surface area contributed by atoms with Crippen molar-refractivity contribution in [1.29, 1.82) is 0 Å². The lowest BCUT2D eigenvalue weighted by Crippen LogP contribution is -2.12. The Hall–Kier alpha value is -3.18. The van der Waals surface area contributed by atoms with Crippen molar-refractivity contribution in [3.8, 4) is 17.2 Å². The van der Waals surface area contributed by atoms with Crippen LogP contribution >= 0.6 is 11.6 Å². The van der Waals surface area contributed by atoms with Crippen molar-refractivity contribution in [3.05, 3.63) is 82.9 Å². The van der Waals surface area contributed by atoms with Crippen LogP contribution in [0.1, 0.15) is 15.9 Å². The molecule has 0 saturated heterocycles. The molecule has 4 rings (SSSR count). The van der Waals surface area contributed by atoms with Crippen molar-refractivity contribution in [3.63, 3.8) is 0 Å². The predicted molar refractivity (Wildman–Crippen MR) is 103 cm³/mol. The molecule has 0 radical (unpaired) electrons. The molecule has 1 amide bonds. The first-order valence-electron chi connectivity index (χ1n) is 8.36. The lowest BCUT2D eigenvalue weighted by atomic mass is 10.2. The van der Waals surface area contributed by atoms with E-state index in [1.165, 1.54) is 0 Å². The number of carbonyl (C=O) groups excluding carboxylic acids is 1. The second kappa shape index (κ2) is 7.60. The van der Waals surface area contributed by atoms with E-state index < -0.39 is 0 Å². The summed E-state index contributed by atoms with van der Waals surface area (Å²) in [6.45, 7) is 0.585. The van der Waals surface area contributed by atoms with Gasteiger partial charge in [0.2, 0.25) is 6.79 Å². The molecule has 0 spiro atoms. The second-order valence-electron chi connectivity index (χ2n) is 5.94. The van der Waals surface area contributed by atoms with Gasteiger partial charge in [0.05, 0.1) is 10.6 Å². The summed E-state index contributed by atoms with van der Waals surface area (Å²) in [5, 5.41) is 3.27. The molecule has 1 N–H and O–H groups in total. The fraction of sp³-hybridized carbons (Fsp3) is 0.0952. The Kier molecular flexibility index (Phi) is 4.85. The van der Waals surface area contributed by atoms with E-state index in [-0.39, 0.29) is 12.7 Å². The molecule has 0 aromatic heterocycles. The molecule has 136 valence electrons. The van der Waals surface area contributed by atoms with Crippen molar-refractivity contribution in [1.82, 2.24) is 0 Å². The van der Waals surface area contributed by atoms with Crippen LogP contribution in [0.15, 0.2) is 66.7 Å². The highest BCUT2D eigenvalue weighted by atomic mass is 35.5. The van der Waals surface area contributed by atoms with Gasteiger partial charge in [0.25, 0.3) is 5.91 Å². The van der Waals surface area contributed by atoms with Crippen molar-refractivity contribution < 1.29 is 19.0 Å². The number of rotatable bonds is 5. The van der Waals surface area contributed by atoms with Crippen molar-refractivity contribution in [2.75, 3.05) is 12.1 Å². The van der Waals surface area contributed by atoms with Crippen LogP contribution in [0.4, 0.5) is 5.69 Å².